The predicted octanol–water partition coefficient (Wildman–Crippen LogP) is 7.44. The van der Waals surface area contributed by atoms with Crippen molar-refractivity contribution in [1.82, 2.24) is 9.88 Å². The summed E-state index contributed by atoms with van der Waals surface area (Å²) in [5, 5.41) is 16.2. The van der Waals surface area contributed by atoms with Gasteiger partial charge in [0.15, 0.2) is 0 Å². The Hall–Kier alpha value is -3.25. The van der Waals surface area contributed by atoms with Gasteiger partial charge in [-0.25, -0.2) is 4.98 Å². The first-order chi connectivity index (χ1) is 18.3. The van der Waals surface area contributed by atoms with Crippen LogP contribution in [0.3, 0.4) is 0 Å². The van der Waals surface area contributed by atoms with Crippen LogP contribution in [0.15, 0.2) is 95.5 Å². The second-order valence-electron chi connectivity index (χ2n) is 10.3. The molecule has 5 aromatic rings. The minimum Gasteiger partial charge on any atom is -0.481 e. The van der Waals surface area contributed by atoms with Gasteiger partial charge in [0.1, 0.15) is 5.60 Å². The zero-order valence-corrected chi connectivity index (χ0v) is 23.9. The van der Waals surface area contributed by atoms with Crippen LogP contribution in [0.25, 0.3) is 21.7 Å². The summed E-state index contributed by atoms with van der Waals surface area (Å²) in [4.78, 5) is 7.00. The van der Waals surface area contributed by atoms with E-state index in [0.717, 1.165) is 42.8 Å². The maximum Gasteiger partial charge on any atom is 0.217 e. The summed E-state index contributed by atoms with van der Waals surface area (Å²) in [5.74, 6) is 0.101. The molecule has 1 heterocycles. The molecular weight excluding hydrogens is 536 g/mol. The number of benzene rings is 4. The fraction of sp³-hybridized carbons (Fsp3) is 0.242. The Bertz CT molecular complexity index is 1580. The highest BCUT2D eigenvalue weighted by Gasteiger charge is 2.42. The molecule has 4 aromatic carbocycles. The summed E-state index contributed by atoms with van der Waals surface area (Å²) in [7, 11) is 5.73. The van der Waals surface area contributed by atoms with Crippen molar-refractivity contribution in [2.24, 2.45) is 0 Å². The largest absolute Gasteiger partial charge is 0.481 e. The minimum absolute atomic E-state index is 0.421. The second kappa shape index (κ2) is 10.9. The van der Waals surface area contributed by atoms with Gasteiger partial charge in [-0.05, 0) is 79.7 Å². The molecule has 2 unspecified atom stereocenters. The number of ether oxygens (including phenoxy) is 1. The van der Waals surface area contributed by atoms with Crippen molar-refractivity contribution in [3.63, 3.8) is 0 Å². The molecule has 0 saturated carbocycles. The average molecular weight is 570 g/mol. The van der Waals surface area contributed by atoms with Crippen LogP contribution in [0.1, 0.15) is 34.6 Å². The molecule has 38 heavy (non-hydrogen) atoms. The summed E-state index contributed by atoms with van der Waals surface area (Å²) in [6.07, 6.45) is 0.524. The Labute approximate surface area is 233 Å². The van der Waals surface area contributed by atoms with E-state index in [9.17, 15) is 5.11 Å². The number of methoxy groups -OCH3 is 1. The lowest BCUT2D eigenvalue weighted by Gasteiger charge is -2.39. The van der Waals surface area contributed by atoms with Gasteiger partial charge in [0, 0.05) is 27.9 Å². The van der Waals surface area contributed by atoms with Gasteiger partial charge in [-0.3, -0.25) is 0 Å². The fourth-order valence-electron chi connectivity index (χ4n) is 5.30. The molecule has 0 aliphatic carbocycles. The smallest absolute Gasteiger partial charge is 0.217 e. The summed E-state index contributed by atoms with van der Waals surface area (Å²) in [5.41, 5.74) is 3.52. The molecule has 0 fully saturated rings. The van der Waals surface area contributed by atoms with Gasteiger partial charge in [0.05, 0.1) is 12.6 Å². The number of aromatic nitrogens is 1. The van der Waals surface area contributed by atoms with E-state index in [0.29, 0.717) is 18.8 Å². The van der Waals surface area contributed by atoms with Gasteiger partial charge in [-0.15, -0.1) is 0 Å². The van der Waals surface area contributed by atoms with Gasteiger partial charge in [-0.2, -0.15) is 0 Å². The Kier molecular flexibility index (Phi) is 7.53. The first kappa shape index (κ1) is 26.4. The highest BCUT2D eigenvalue weighted by Crippen LogP contribution is 2.48. The van der Waals surface area contributed by atoms with E-state index in [4.69, 9.17) is 9.72 Å². The van der Waals surface area contributed by atoms with E-state index in [2.05, 4.69) is 94.5 Å². The van der Waals surface area contributed by atoms with E-state index in [1.165, 1.54) is 5.56 Å². The summed E-state index contributed by atoms with van der Waals surface area (Å²) >= 11 is 3.61. The highest BCUT2D eigenvalue weighted by molar-refractivity contribution is 9.10. The lowest BCUT2D eigenvalue weighted by molar-refractivity contribution is 0.00392. The molecule has 1 N–H and O–H groups in total. The number of aryl methyl sites for hydroxylation is 1. The molecule has 0 aliphatic rings. The van der Waals surface area contributed by atoms with Crippen LogP contribution in [0.4, 0.5) is 0 Å². The third-order valence-electron chi connectivity index (χ3n) is 7.35. The Morgan fingerprint density at radius 1 is 0.895 bits per heavy atom. The molecule has 4 nitrogen and oxygen atoms in total. The molecule has 0 spiro atoms. The van der Waals surface area contributed by atoms with Gasteiger partial charge in [0.2, 0.25) is 5.88 Å². The molecule has 194 valence electrons. The quantitative estimate of drug-likeness (QED) is 0.211. The summed E-state index contributed by atoms with van der Waals surface area (Å²) in [6.45, 7) is 2.79. The maximum absolute atomic E-state index is 13.0. The first-order valence-corrected chi connectivity index (χ1v) is 13.6. The van der Waals surface area contributed by atoms with E-state index in [1.807, 2.05) is 38.4 Å². The van der Waals surface area contributed by atoms with Crippen molar-refractivity contribution in [1.29, 1.82) is 0 Å². The minimum atomic E-state index is -1.24. The average Bonchev–Trinajstić information content (AvgIpc) is 2.92. The predicted molar refractivity (Wildman–Crippen MR) is 160 cm³/mol. The van der Waals surface area contributed by atoms with Gasteiger partial charge >= 0.3 is 0 Å². The number of hydrogen-bond donors (Lipinski definition) is 1. The molecule has 2 atom stereocenters. The molecule has 0 bridgehead atoms. The van der Waals surface area contributed by atoms with Gasteiger partial charge < -0.3 is 14.7 Å². The van der Waals surface area contributed by atoms with Crippen molar-refractivity contribution in [3.8, 4) is 5.88 Å². The second-order valence-corrected chi connectivity index (χ2v) is 11.2. The van der Waals surface area contributed by atoms with Crippen molar-refractivity contribution < 1.29 is 9.84 Å². The molecular formula is C33H33BrN2O2. The van der Waals surface area contributed by atoms with Crippen LogP contribution >= 0.6 is 15.9 Å². The number of fused-ring (bicyclic) bond motifs is 2. The van der Waals surface area contributed by atoms with Crippen LogP contribution in [0.2, 0.25) is 0 Å². The molecule has 5 heteroatoms. The molecule has 0 radical (unpaired) electrons. The first-order valence-electron chi connectivity index (χ1n) is 12.9. The standard InChI is InChI=1S/C33H33BrN2O2/c1-22-9-11-24(12-10-22)31(29-21-26-20-28(34)15-16-30(26)35-32(29)38-4)33(37,17-18-36(2)3)27-14-13-23-7-5-6-8-25(23)19-27/h5-16,19-21,31,37H,17-18H2,1-4H3. The third kappa shape index (κ3) is 5.19. The fourth-order valence-corrected chi connectivity index (χ4v) is 5.67. The Morgan fingerprint density at radius 3 is 2.34 bits per heavy atom. The van der Waals surface area contributed by atoms with Crippen molar-refractivity contribution in [2.75, 3.05) is 27.7 Å². The SMILES string of the molecule is COc1nc2ccc(Br)cc2cc1C(c1ccc(C)cc1)C(O)(CCN(C)C)c1ccc2ccccc2c1. The summed E-state index contributed by atoms with van der Waals surface area (Å²) < 4.78 is 6.87. The maximum atomic E-state index is 13.0. The lowest BCUT2D eigenvalue weighted by atomic mass is 9.71. The lowest BCUT2D eigenvalue weighted by Crippen LogP contribution is -2.37. The van der Waals surface area contributed by atoms with Crippen LogP contribution in [-0.2, 0) is 5.60 Å². The van der Waals surface area contributed by atoms with E-state index >= 15 is 0 Å². The highest BCUT2D eigenvalue weighted by atomic mass is 79.9. The van der Waals surface area contributed by atoms with Crippen LogP contribution in [-0.4, -0.2) is 42.7 Å². The molecule has 5 rings (SSSR count). The number of rotatable bonds is 8. The third-order valence-corrected chi connectivity index (χ3v) is 7.84. The molecule has 0 aliphatic heterocycles. The van der Waals surface area contributed by atoms with Crippen LogP contribution < -0.4 is 4.74 Å². The van der Waals surface area contributed by atoms with Crippen molar-refractivity contribution in [3.05, 3.63) is 118 Å². The normalized spacial score (nSPS) is 14.1. The van der Waals surface area contributed by atoms with Crippen molar-refractivity contribution in [2.45, 2.75) is 24.9 Å². The van der Waals surface area contributed by atoms with Crippen LogP contribution in [0, 0.1) is 6.92 Å². The Morgan fingerprint density at radius 2 is 1.63 bits per heavy atom. The Balaban J connectivity index is 1.80. The monoisotopic (exact) mass is 568 g/mol. The zero-order chi connectivity index (χ0) is 26.9. The topological polar surface area (TPSA) is 45.6 Å². The van der Waals surface area contributed by atoms with E-state index in [-0.39, 0.29) is 0 Å². The number of aliphatic hydroxyl groups is 1. The number of pyridine rings is 1. The van der Waals surface area contributed by atoms with Gasteiger partial charge in [0.25, 0.3) is 0 Å². The number of halogens is 1. The number of hydrogen-bond acceptors (Lipinski definition) is 4. The summed E-state index contributed by atoms with van der Waals surface area (Å²) in [6, 6.07) is 31.2. The zero-order valence-electron chi connectivity index (χ0n) is 22.3. The number of nitrogens with zero attached hydrogens (tertiary/aromatic N) is 2. The van der Waals surface area contributed by atoms with Gasteiger partial charge in [-0.1, -0.05) is 82.2 Å². The van der Waals surface area contributed by atoms with E-state index < -0.39 is 11.5 Å². The molecule has 0 saturated heterocycles. The van der Waals surface area contributed by atoms with Crippen LogP contribution in [0.5, 0.6) is 5.88 Å². The molecule has 0 amide bonds. The van der Waals surface area contributed by atoms with E-state index in [1.54, 1.807) is 7.11 Å². The molecule has 1 aromatic heterocycles. The van der Waals surface area contributed by atoms with Crippen molar-refractivity contribution >= 4 is 37.6 Å².